The molecule has 1 aromatic heterocycles. The first kappa shape index (κ1) is 18.6. The number of anilines is 1. The lowest BCUT2D eigenvalue weighted by molar-refractivity contribution is 0.0940. The molecule has 144 valence electrons. The summed E-state index contributed by atoms with van der Waals surface area (Å²) in [6, 6.07) is 17.4. The van der Waals surface area contributed by atoms with Crippen molar-refractivity contribution < 1.29 is 9.53 Å². The van der Waals surface area contributed by atoms with Gasteiger partial charge in [-0.1, -0.05) is 15.9 Å². The van der Waals surface area contributed by atoms with E-state index in [9.17, 15) is 4.79 Å². The SMILES string of the molecule is COc1ccc(-c2cc(N3CC[C@@H](NC(=O)c4ccc(Br)cc4)C3)n[nH]2)cc1. The standard InChI is InChI=1S/C21H21BrN4O2/c1-28-18-8-4-14(5-9-18)19-12-20(25-24-19)26-11-10-17(13-26)23-21(27)15-2-6-16(22)7-3-15/h2-9,12,17H,10-11,13H2,1H3,(H,23,27)(H,24,25)/t17-/m1/s1. The van der Waals surface area contributed by atoms with Crippen molar-refractivity contribution in [3.8, 4) is 17.0 Å². The molecule has 28 heavy (non-hydrogen) atoms. The van der Waals surface area contributed by atoms with Crippen LogP contribution in [-0.4, -0.2) is 42.3 Å². The summed E-state index contributed by atoms with van der Waals surface area (Å²) in [6.45, 7) is 1.60. The second-order valence-corrected chi connectivity index (χ2v) is 7.70. The molecule has 0 aliphatic carbocycles. The maximum Gasteiger partial charge on any atom is 0.251 e. The summed E-state index contributed by atoms with van der Waals surface area (Å²) in [7, 11) is 1.66. The molecule has 2 N–H and O–H groups in total. The van der Waals surface area contributed by atoms with Crippen molar-refractivity contribution in [3.05, 3.63) is 64.6 Å². The Kier molecular flexibility index (Phi) is 5.34. The molecule has 4 rings (SSSR count). The monoisotopic (exact) mass is 440 g/mol. The molecule has 0 radical (unpaired) electrons. The van der Waals surface area contributed by atoms with E-state index in [0.717, 1.165) is 46.8 Å². The van der Waals surface area contributed by atoms with Crippen molar-refractivity contribution >= 4 is 27.7 Å². The minimum absolute atomic E-state index is 0.0414. The first-order chi connectivity index (χ1) is 13.6. The summed E-state index contributed by atoms with van der Waals surface area (Å²) < 4.78 is 6.16. The number of nitrogens with one attached hydrogen (secondary N) is 2. The number of amides is 1. The minimum atomic E-state index is -0.0414. The molecule has 1 fully saturated rings. The Morgan fingerprint density at radius 2 is 1.96 bits per heavy atom. The van der Waals surface area contributed by atoms with Gasteiger partial charge in [0.25, 0.3) is 5.91 Å². The quantitative estimate of drug-likeness (QED) is 0.631. The van der Waals surface area contributed by atoms with Gasteiger partial charge >= 0.3 is 0 Å². The molecule has 7 heteroatoms. The van der Waals surface area contributed by atoms with Gasteiger partial charge in [0.2, 0.25) is 0 Å². The number of benzene rings is 2. The van der Waals surface area contributed by atoms with Crippen LogP contribution in [0, 0.1) is 0 Å². The number of rotatable bonds is 5. The Morgan fingerprint density at radius 3 is 2.68 bits per heavy atom. The Morgan fingerprint density at radius 1 is 1.21 bits per heavy atom. The van der Waals surface area contributed by atoms with Crippen LogP contribution in [0.15, 0.2) is 59.1 Å². The smallest absolute Gasteiger partial charge is 0.251 e. The molecule has 1 aliphatic heterocycles. The molecule has 0 spiro atoms. The van der Waals surface area contributed by atoms with E-state index in [2.05, 4.69) is 36.3 Å². The van der Waals surface area contributed by atoms with Gasteiger partial charge in [-0.2, -0.15) is 5.10 Å². The molecule has 1 aliphatic rings. The van der Waals surface area contributed by atoms with Crippen molar-refractivity contribution in [2.75, 3.05) is 25.1 Å². The van der Waals surface area contributed by atoms with E-state index in [-0.39, 0.29) is 11.9 Å². The van der Waals surface area contributed by atoms with Crippen LogP contribution in [0.2, 0.25) is 0 Å². The van der Waals surface area contributed by atoms with Crippen molar-refractivity contribution in [3.63, 3.8) is 0 Å². The molecule has 0 unspecified atom stereocenters. The van der Waals surface area contributed by atoms with E-state index in [0.29, 0.717) is 5.56 Å². The number of aromatic nitrogens is 2. The fourth-order valence-electron chi connectivity index (χ4n) is 3.35. The normalized spacial score (nSPS) is 16.2. The molecule has 1 amide bonds. The zero-order chi connectivity index (χ0) is 19.5. The molecule has 1 saturated heterocycles. The molecule has 0 bridgehead atoms. The van der Waals surface area contributed by atoms with Gasteiger partial charge in [0.1, 0.15) is 5.75 Å². The number of halogens is 1. The zero-order valence-electron chi connectivity index (χ0n) is 15.5. The van der Waals surface area contributed by atoms with Gasteiger partial charge in [0.05, 0.1) is 12.8 Å². The maximum atomic E-state index is 12.4. The zero-order valence-corrected chi connectivity index (χ0v) is 17.1. The number of hydrogen-bond acceptors (Lipinski definition) is 4. The van der Waals surface area contributed by atoms with Crippen LogP contribution in [-0.2, 0) is 0 Å². The van der Waals surface area contributed by atoms with E-state index in [1.54, 1.807) is 7.11 Å². The van der Waals surface area contributed by atoms with Crippen molar-refractivity contribution in [1.29, 1.82) is 0 Å². The number of aromatic amines is 1. The molecule has 2 heterocycles. The average Bonchev–Trinajstić information content (AvgIpc) is 3.38. The van der Waals surface area contributed by atoms with Crippen LogP contribution >= 0.6 is 15.9 Å². The highest BCUT2D eigenvalue weighted by atomic mass is 79.9. The van der Waals surface area contributed by atoms with Gasteiger partial charge in [0.15, 0.2) is 5.82 Å². The molecule has 1 atom stereocenters. The molecular formula is C21H21BrN4O2. The van der Waals surface area contributed by atoms with Crippen LogP contribution in [0.25, 0.3) is 11.3 Å². The number of nitrogens with zero attached hydrogens (tertiary/aromatic N) is 2. The van der Waals surface area contributed by atoms with Gasteiger partial charge < -0.3 is 15.0 Å². The van der Waals surface area contributed by atoms with Gasteiger partial charge in [-0.3, -0.25) is 9.89 Å². The van der Waals surface area contributed by atoms with Crippen LogP contribution in [0.4, 0.5) is 5.82 Å². The van der Waals surface area contributed by atoms with Gasteiger partial charge in [-0.15, -0.1) is 0 Å². The number of methoxy groups -OCH3 is 1. The van der Waals surface area contributed by atoms with E-state index in [1.807, 2.05) is 54.6 Å². The highest BCUT2D eigenvalue weighted by molar-refractivity contribution is 9.10. The molecule has 6 nitrogen and oxygen atoms in total. The Hall–Kier alpha value is -2.80. The van der Waals surface area contributed by atoms with Crippen molar-refractivity contribution in [1.82, 2.24) is 15.5 Å². The van der Waals surface area contributed by atoms with E-state index in [4.69, 9.17) is 4.74 Å². The highest BCUT2D eigenvalue weighted by Gasteiger charge is 2.26. The first-order valence-electron chi connectivity index (χ1n) is 9.13. The Bertz CT molecular complexity index is 953. The van der Waals surface area contributed by atoms with Crippen LogP contribution in [0.3, 0.4) is 0 Å². The van der Waals surface area contributed by atoms with E-state index < -0.39 is 0 Å². The second kappa shape index (κ2) is 8.06. The predicted molar refractivity (Wildman–Crippen MR) is 113 cm³/mol. The number of carbonyl (C=O) groups is 1. The minimum Gasteiger partial charge on any atom is -0.497 e. The lowest BCUT2D eigenvalue weighted by Crippen LogP contribution is -2.37. The lowest BCUT2D eigenvalue weighted by atomic mass is 10.1. The number of ether oxygens (including phenoxy) is 1. The highest BCUT2D eigenvalue weighted by Crippen LogP contribution is 2.26. The number of H-pyrrole nitrogens is 1. The van der Waals surface area contributed by atoms with Crippen LogP contribution < -0.4 is 15.0 Å². The van der Waals surface area contributed by atoms with Gasteiger partial charge in [-0.05, 0) is 60.5 Å². The maximum absolute atomic E-state index is 12.4. The number of hydrogen-bond donors (Lipinski definition) is 2. The molecule has 3 aromatic rings. The Labute approximate surface area is 172 Å². The van der Waals surface area contributed by atoms with Crippen molar-refractivity contribution in [2.45, 2.75) is 12.5 Å². The van der Waals surface area contributed by atoms with Gasteiger partial charge in [0, 0.05) is 35.2 Å². The lowest BCUT2D eigenvalue weighted by Gasteiger charge is -2.16. The Balaban J connectivity index is 1.38. The van der Waals surface area contributed by atoms with Gasteiger partial charge in [-0.25, -0.2) is 0 Å². The largest absolute Gasteiger partial charge is 0.497 e. The average molecular weight is 441 g/mol. The summed E-state index contributed by atoms with van der Waals surface area (Å²) >= 11 is 3.39. The molecule has 2 aromatic carbocycles. The summed E-state index contributed by atoms with van der Waals surface area (Å²) in [5.74, 6) is 1.68. The van der Waals surface area contributed by atoms with Crippen molar-refractivity contribution in [2.24, 2.45) is 0 Å². The third kappa shape index (κ3) is 4.04. The van der Waals surface area contributed by atoms with E-state index >= 15 is 0 Å². The molecule has 0 saturated carbocycles. The fraction of sp³-hybridized carbons (Fsp3) is 0.238. The van der Waals surface area contributed by atoms with Crippen LogP contribution in [0.5, 0.6) is 5.75 Å². The van der Waals surface area contributed by atoms with Crippen LogP contribution in [0.1, 0.15) is 16.8 Å². The summed E-state index contributed by atoms with van der Waals surface area (Å²) in [5.41, 5.74) is 2.68. The number of carbonyl (C=O) groups excluding carboxylic acids is 1. The van der Waals surface area contributed by atoms with E-state index in [1.165, 1.54) is 0 Å². The predicted octanol–water partition coefficient (Wildman–Crippen LogP) is 3.86. The third-order valence-electron chi connectivity index (χ3n) is 4.92. The summed E-state index contributed by atoms with van der Waals surface area (Å²) in [5, 5.41) is 10.7. The summed E-state index contributed by atoms with van der Waals surface area (Å²) in [4.78, 5) is 14.6. The second-order valence-electron chi connectivity index (χ2n) is 6.78. The topological polar surface area (TPSA) is 70.2 Å². The molecular weight excluding hydrogens is 420 g/mol. The summed E-state index contributed by atoms with van der Waals surface area (Å²) in [6.07, 6.45) is 0.896. The first-order valence-corrected chi connectivity index (χ1v) is 9.93. The fourth-order valence-corrected chi connectivity index (χ4v) is 3.61. The third-order valence-corrected chi connectivity index (χ3v) is 5.45.